The fourth-order valence-electron chi connectivity index (χ4n) is 1.27. The lowest BCUT2D eigenvalue weighted by Crippen LogP contribution is -1.95. The summed E-state index contributed by atoms with van der Waals surface area (Å²) in [6.45, 7) is 8.83. The maximum absolute atomic E-state index is 5.49. The largest absolute Gasteiger partial charge is 0.494 e. The minimum absolute atomic E-state index is 0.792. The Balaban J connectivity index is 2.54. The van der Waals surface area contributed by atoms with E-state index in [-0.39, 0.29) is 0 Å². The van der Waals surface area contributed by atoms with Crippen LogP contribution in [0.4, 0.5) is 0 Å². The van der Waals surface area contributed by atoms with Crippen molar-refractivity contribution >= 4 is 0 Å². The zero-order valence-electron chi connectivity index (χ0n) is 9.05. The smallest absolute Gasteiger partial charge is 0.119 e. The highest BCUT2D eigenvalue weighted by molar-refractivity contribution is 5.29. The van der Waals surface area contributed by atoms with Crippen LogP contribution in [0.3, 0.4) is 0 Å². The Labute approximate surface area is 86.4 Å². The lowest BCUT2D eigenvalue weighted by Gasteiger charge is -2.05. The minimum Gasteiger partial charge on any atom is -0.494 e. The van der Waals surface area contributed by atoms with E-state index in [0.29, 0.717) is 0 Å². The van der Waals surface area contributed by atoms with Crippen LogP contribution in [0.15, 0.2) is 36.4 Å². The molecule has 1 rings (SSSR count). The molecule has 14 heavy (non-hydrogen) atoms. The first-order chi connectivity index (χ1) is 6.72. The summed E-state index contributed by atoms with van der Waals surface area (Å²) in [6, 6.07) is 8.24. The molecule has 1 heteroatoms. The van der Waals surface area contributed by atoms with E-state index in [1.165, 1.54) is 11.1 Å². The Morgan fingerprint density at radius 2 is 1.93 bits per heavy atom. The van der Waals surface area contributed by atoms with E-state index in [0.717, 1.165) is 25.2 Å². The summed E-state index contributed by atoms with van der Waals surface area (Å²) >= 11 is 0. The topological polar surface area (TPSA) is 9.23 Å². The standard InChI is InChI=1S/C13H18O/c1-4-9-14-13-7-5-12(6-8-13)10-11(2)3/h5-8H,2,4,9-10H2,1,3H3. The molecule has 1 nitrogen and oxygen atoms in total. The Bertz CT molecular complexity index is 285. The molecule has 1 aromatic carbocycles. The van der Waals surface area contributed by atoms with Gasteiger partial charge in [0.05, 0.1) is 6.61 Å². The molecule has 0 aliphatic rings. The van der Waals surface area contributed by atoms with Gasteiger partial charge < -0.3 is 4.74 Å². The fraction of sp³-hybridized carbons (Fsp3) is 0.385. The van der Waals surface area contributed by atoms with Crippen molar-refractivity contribution in [2.75, 3.05) is 6.61 Å². The molecule has 0 bridgehead atoms. The van der Waals surface area contributed by atoms with Gasteiger partial charge in [0.15, 0.2) is 0 Å². The lowest BCUT2D eigenvalue weighted by atomic mass is 10.1. The van der Waals surface area contributed by atoms with Crippen molar-refractivity contribution in [3.8, 4) is 5.75 Å². The molecular formula is C13H18O. The van der Waals surface area contributed by atoms with Crippen LogP contribution in [-0.4, -0.2) is 6.61 Å². The Kier molecular flexibility index (Phi) is 4.24. The highest BCUT2D eigenvalue weighted by Crippen LogP contribution is 2.14. The summed E-state index contributed by atoms with van der Waals surface area (Å²) in [5, 5.41) is 0. The van der Waals surface area contributed by atoms with Gasteiger partial charge in [0.2, 0.25) is 0 Å². The van der Waals surface area contributed by atoms with Gasteiger partial charge in [-0.1, -0.05) is 31.2 Å². The first kappa shape index (κ1) is 10.8. The normalized spacial score (nSPS) is 9.86. The van der Waals surface area contributed by atoms with Crippen LogP contribution in [0.2, 0.25) is 0 Å². The molecule has 1 aromatic rings. The molecule has 0 fully saturated rings. The molecule has 0 aromatic heterocycles. The highest BCUT2D eigenvalue weighted by Gasteiger charge is 1.95. The van der Waals surface area contributed by atoms with Crippen LogP contribution in [0, 0.1) is 0 Å². The van der Waals surface area contributed by atoms with Gasteiger partial charge in [-0.3, -0.25) is 0 Å². The number of hydrogen-bond donors (Lipinski definition) is 0. The van der Waals surface area contributed by atoms with Crippen molar-refractivity contribution in [1.82, 2.24) is 0 Å². The van der Waals surface area contributed by atoms with Crippen molar-refractivity contribution < 1.29 is 4.74 Å². The van der Waals surface area contributed by atoms with E-state index in [4.69, 9.17) is 4.74 Å². The summed E-state index contributed by atoms with van der Waals surface area (Å²) in [5.41, 5.74) is 2.48. The summed E-state index contributed by atoms with van der Waals surface area (Å²) < 4.78 is 5.49. The summed E-state index contributed by atoms with van der Waals surface area (Å²) in [4.78, 5) is 0. The Hall–Kier alpha value is -1.24. The van der Waals surface area contributed by atoms with Crippen LogP contribution >= 0.6 is 0 Å². The summed E-state index contributed by atoms with van der Waals surface area (Å²) in [5.74, 6) is 0.956. The molecule has 0 aliphatic carbocycles. The predicted octanol–water partition coefficient (Wildman–Crippen LogP) is 3.59. The number of benzene rings is 1. The first-order valence-corrected chi connectivity index (χ1v) is 5.08. The molecule has 0 atom stereocenters. The van der Waals surface area contributed by atoms with Crippen LogP contribution in [0.1, 0.15) is 25.8 Å². The van der Waals surface area contributed by atoms with Crippen LogP contribution in [-0.2, 0) is 6.42 Å². The molecule has 0 amide bonds. The van der Waals surface area contributed by atoms with E-state index in [1.54, 1.807) is 0 Å². The monoisotopic (exact) mass is 190 g/mol. The van der Waals surface area contributed by atoms with Crippen LogP contribution in [0.5, 0.6) is 5.75 Å². The molecule has 0 N–H and O–H groups in total. The Morgan fingerprint density at radius 1 is 1.29 bits per heavy atom. The molecule has 0 spiro atoms. The van der Waals surface area contributed by atoms with E-state index in [1.807, 2.05) is 19.1 Å². The molecular weight excluding hydrogens is 172 g/mol. The van der Waals surface area contributed by atoms with Gasteiger partial charge in [0, 0.05) is 0 Å². The first-order valence-electron chi connectivity index (χ1n) is 5.08. The average Bonchev–Trinajstić information content (AvgIpc) is 2.16. The fourth-order valence-corrected chi connectivity index (χ4v) is 1.27. The minimum atomic E-state index is 0.792. The third-order valence-corrected chi connectivity index (χ3v) is 1.90. The molecule has 0 unspecified atom stereocenters. The average molecular weight is 190 g/mol. The SMILES string of the molecule is C=C(C)Cc1ccc(OCCC)cc1. The van der Waals surface area contributed by atoms with Crippen LogP contribution in [0.25, 0.3) is 0 Å². The third-order valence-electron chi connectivity index (χ3n) is 1.90. The second kappa shape index (κ2) is 5.48. The van der Waals surface area contributed by atoms with E-state index in [2.05, 4.69) is 25.6 Å². The molecule has 0 saturated heterocycles. The molecule has 0 aliphatic heterocycles. The van der Waals surface area contributed by atoms with Crippen molar-refractivity contribution in [2.45, 2.75) is 26.7 Å². The number of ether oxygens (including phenoxy) is 1. The summed E-state index contributed by atoms with van der Waals surface area (Å²) in [7, 11) is 0. The number of allylic oxidation sites excluding steroid dienone is 1. The molecule has 0 saturated carbocycles. The van der Waals surface area contributed by atoms with Gasteiger partial charge in [0.25, 0.3) is 0 Å². The predicted molar refractivity (Wildman–Crippen MR) is 60.7 cm³/mol. The molecule has 76 valence electrons. The maximum Gasteiger partial charge on any atom is 0.119 e. The van der Waals surface area contributed by atoms with Gasteiger partial charge in [-0.15, -0.1) is 0 Å². The van der Waals surface area contributed by atoms with E-state index >= 15 is 0 Å². The zero-order valence-corrected chi connectivity index (χ0v) is 9.05. The molecule has 0 heterocycles. The van der Waals surface area contributed by atoms with E-state index in [9.17, 15) is 0 Å². The molecule has 0 radical (unpaired) electrons. The second-order valence-corrected chi connectivity index (χ2v) is 3.63. The van der Waals surface area contributed by atoms with Gasteiger partial charge in [-0.25, -0.2) is 0 Å². The van der Waals surface area contributed by atoms with E-state index < -0.39 is 0 Å². The lowest BCUT2D eigenvalue weighted by molar-refractivity contribution is 0.317. The van der Waals surface area contributed by atoms with Gasteiger partial charge in [-0.2, -0.15) is 0 Å². The van der Waals surface area contributed by atoms with Gasteiger partial charge >= 0.3 is 0 Å². The van der Waals surface area contributed by atoms with Crippen molar-refractivity contribution in [3.63, 3.8) is 0 Å². The Morgan fingerprint density at radius 3 is 2.43 bits per heavy atom. The third kappa shape index (κ3) is 3.65. The van der Waals surface area contributed by atoms with Crippen LogP contribution < -0.4 is 4.74 Å². The number of hydrogen-bond acceptors (Lipinski definition) is 1. The van der Waals surface area contributed by atoms with Gasteiger partial charge in [0.1, 0.15) is 5.75 Å². The quantitative estimate of drug-likeness (QED) is 0.645. The zero-order chi connectivity index (χ0) is 10.4. The van der Waals surface area contributed by atoms with Gasteiger partial charge in [-0.05, 0) is 37.5 Å². The summed E-state index contributed by atoms with van der Waals surface area (Å²) in [6.07, 6.45) is 2.00. The van der Waals surface area contributed by atoms with Crippen molar-refractivity contribution in [3.05, 3.63) is 42.0 Å². The number of rotatable bonds is 5. The maximum atomic E-state index is 5.49. The highest BCUT2D eigenvalue weighted by atomic mass is 16.5. The second-order valence-electron chi connectivity index (χ2n) is 3.63. The van der Waals surface area contributed by atoms with Crippen molar-refractivity contribution in [2.24, 2.45) is 0 Å². The van der Waals surface area contributed by atoms with Crippen molar-refractivity contribution in [1.29, 1.82) is 0 Å².